The van der Waals surface area contributed by atoms with E-state index in [1.165, 1.54) is 0 Å². The van der Waals surface area contributed by atoms with Crippen molar-refractivity contribution in [2.24, 2.45) is 5.92 Å². The van der Waals surface area contributed by atoms with Gasteiger partial charge in [-0.25, -0.2) is 13.1 Å². The van der Waals surface area contributed by atoms with E-state index in [0.29, 0.717) is 17.2 Å². The number of H-pyrrole nitrogens is 1. The SMILES string of the molecule is Cc1[nH]nc(S(=O)(=O)NC2CCCCCC2C)c1CO. The van der Waals surface area contributed by atoms with Crippen LogP contribution >= 0.6 is 0 Å². The monoisotopic (exact) mass is 301 g/mol. The minimum atomic E-state index is -3.68. The molecule has 1 aromatic rings. The average Bonchev–Trinajstić information content (AvgIpc) is 2.67. The van der Waals surface area contributed by atoms with Crippen LogP contribution in [0.2, 0.25) is 0 Å². The Bertz CT molecular complexity index is 553. The summed E-state index contributed by atoms with van der Waals surface area (Å²) in [5.74, 6) is 0.324. The molecule has 0 bridgehead atoms. The molecule has 1 fully saturated rings. The summed E-state index contributed by atoms with van der Waals surface area (Å²) < 4.78 is 27.7. The number of hydrogen-bond acceptors (Lipinski definition) is 4. The lowest BCUT2D eigenvalue weighted by molar-refractivity contribution is 0.277. The third-order valence-corrected chi connectivity index (χ3v) is 5.58. The van der Waals surface area contributed by atoms with Gasteiger partial charge in [-0.2, -0.15) is 5.10 Å². The Morgan fingerprint density at radius 3 is 2.75 bits per heavy atom. The average molecular weight is 301 g/mol. The maximum Gasteiger partial charge on any atom is 0.260 e. The highest BCUT2D eigenvalue weighted by atomic mass is 32.2. The van der Waals surface area contributed by atoms with Crippen LogP contribution in [0.1, 0.15) is 50.3 Å². The van der Waals surface area contributed by atoms with Gasteiger partial charge in [-0.3, -0.25) is 5.10 Å². The molecule has 20 heavy (non-hydrogen) atoms. The molecule has 0 aromatic carbocycles. The normalized spacial score (nSPS) is 24.6. The van der Waals surface area contributed by atoms with E-state index in [2.05, 4.69) is 21.8 Å². The van der Waals surface area contributed by atoms with E-state index in [1.54, 1.807) is 6.92 Å². The van der Waals surface area contributed by atoms with Crippen LogP contribution in [0, 0.1) is 12.8 Å². The van der Waals surface area contributed by atoms with Gasteiger partial charge in [0, 0.05) is 17.3 Å². The molecule has 1 heterocycles. The summed E-state index contributed by atoms with van der Waals surface area (Å²) in [4.78, 5) is 0. The van der Waals surface area contributed by atoms with Gasteiger partial charge in [0.25, 0.3) is 10.0 Å². The largest absolute Gasteiger partial charge is 0.392 e. The molecule has 1 aliphatic rings. The number of nitrogens with one attached hydrogen (secondary N) is 2. The fourth-order valence-electron chi connectivity index (χ4n) is 2.76. The van der Waals surface area contributed by atoms with Gasteiger partial charge in [0.05, 0.1) is 6.61 Å². The van der Waals surface area contributed by atoms with E-state index < -0.39 is 10.0 Å². The van der Waals surface area contributed by atoms with Crippen molar-refractivity contribution in [1.82, 2.24) is 14.9 Å². The molecule has 6 nitrogen and oxygen atoms in total. The summed E-state index contributed by atoms with van der Waals surface area (Å²) in [6.07, 6.45) is 5.26. The lowest BCUT2D eigenvalue weighted by atomic mass is 9.98. The van der Waals surface area contributed by atoms with Crippen molar-refractivity contribution in [3.63, 3.8) is 0 Å². The summed E-state index contributed by atoms with van der Waals surface area (Å²) in [7, 11) is -3.68. The number of aliphatic hydroxyl groups is 1. The lowest BCUT2D eigenvalue weighted by Crippen LogP contribution is -2.39. The molecule has 0 amide bonds. The van der Waals surface area contributed by atoms with Crippen LogP contribution in [0.4, 0.5) is 0 Å². The van der Waals surface area contributed by atoms with Gasteiger partial charge in [0.2, 0.25) is 0 Å². The van der Waals surface area contributed by atoms with E-state index in [1.807, 2.05) is 0 Å². The fourth-order valence-corrected chi connectivity index (χ4v) is 4.33. The fraction of sp³-hybridized carbons (Fsp3) is 0.769. The Morgan fingerprint density at radius 1 is 1.35 bits per heavy atom. The Balaban J connectivity index is 2.21. The molecule has 3 N–H and O–H groups in total. The number of aryl methyl sites for hydroxylation is 1. The number of aromatic amines is 1. The molecule has 1 saturated carbocycles. The first-order chi connectivity index (χ1) is 9.45. The number of nitrogens with zero attached hydrogens (tertiary/aromatic N) is 1. The first-order valence-corrected chi connectivity index (χ1v) is 8.61. The predicted octanol–water partition coefficient (Wildman–Crippen LogP) is 1.46. The molecule has 0 saturated heterocycles. The molecule has 2 unspecified atom stereocenters. The highest BCUT2D eigenvalue weighted by Crippen LogP contribution is 2.25. The summed E-state index contributed by atoms with van der Waals surface area (Å²) in [6, 6.07) is -0.0500. The van der Waals surface area contributed by atoms with Gasteiger partial charge in [-0.15, -0.1) is 0 Å². The first-order valence-electron chi connectivity index (χ1n) is 7.12. The van der Waals surface area contributed by atoms with Crippen molar-refractivity contribution in [3.05, 3.63) is 11.3 Å². The summed E-state index contributed by atoms with van der Waals surface area (Å²) in [6.45, 7) is 3.45. The lowest BCUT2D eigenvalue weighted by Gasteiger charge is -2.22. The maximum absolute atomic E-state index is 12.4. The highest BCUT2D eigenvalue weighted by molar-refractivity contribution is 7.89. The van der Waals surface area contributed by atoms with Gasteiger partial charge >= 0.3 is 0 Å². The van der Waals surface area contributed by atoms with Gasteiger partial charge in [0.1, 0.15) is 0 Å². The van der Waals surface area contributed by atoms with Crippen LogP contribution in [-0.4, -0.2) is 29.8 Å². The van der Waals surface area contributed by atoms with Crippen molar-refractivity contribution in [2.75, 3.05) is 0 Å². The standard InChI is InChI=1S/C13H23N3O3S/c1-9-6-4-3-5-7-12(9)16-20(18,19)13-11(8-17)10(2)14-15-13/h9,12,16-17H,3-8H2,1-2H3,(H,14,15). The summed E-state index contributed by atoms with van der Waals surface area (Å²) in [5, 5.41) is 15.7. The molecule has 0 spiro atoms. The highest BCUT2D eigenvalue weighted by Gasteiger charge is 2.29. The quantitative estimate of drug-likeness (QED) is 0.734. The Labute approximate surface area is 120 Å². The topological polar surface area (TPSA) is 95.1 Å². The Kier molecular flexibility index (Phi) is 4.82. The minimum Gasteiger partial charge on any atom is -0.392 e. The van der Waals surface area contributed by atoms with E-state index in [-0.39, 0.29) is 17.7 Å². The second-order valence-corrected chi connectivity index (χ2v) is 7.26. The number of hydrogen-bond donors (Lipinski definition) is 3. The van der Waals surface area contributed by atoms with Gasteiger partial charge in [-0.1, -0.05) is 26.2 Å². The smallest absolute Gasteiger partial charge is 0.260 e. The third-order valence-electron chi connectivity index (χ3n) is 4.12. The molecule has 2 rings (SSSR count). The van der Waals surface area contributed by atoms with Crippen LogP contribution in [-0.2, 0) is 16.6 Å². The summed E-state index contributed by atoms with van der Waals surface area (Å²) in [5.41, 5.74) is 0.931. The van der Waals surface area contributed by atoms with Gasteiger partial charge < -0.3 is 5.11 Å². The van der Waals surface area contributed by atoms with Crippen molar-refractivity contribution in [2.45, 2.75) is 63.6 Å². The third kappa shape index (κ3) is 3.21. The first kappa shape index (κ1) is 15.5. The Hall–Kier alpha value is -0.920. The molecule has 2 atom stereocenters. The van der Waals surface area contributed by atoms with E-state index in [4.69, 9.17) is 0 Å². The minimum absolute atomic E-state index is 0.0500. The van der Waals surface area contributed by atoms with Crippen molar-refractivity contribution in [3.8, 4) is 0 Å². The molecule has 7 heteroatoms. The Morgan fingerprint density at radius 2 is 2.05 bits per heavy atom. The molecule has 0 aliphatic heterocycles. The van der Waals surface area contributed by atoms with Crippen LogP contribution in [0.3, 0.4) is 0 Å². The van der Waals surface area contributed by atoms with Crippen LogP contribution < -0.4 is 4.72 Å². The second-order valence-electron chi connectivity index (χ2n) is 5.63. The predicted molar refractivity (Wildman–Crippen MR) is 75.6 cm³/mol. The van der Waals surface area contributed by atoms with Crippen LogP contribution in [0.15, 0.2) is 5.03 Å². The number of aromatic nitrogens is 2. The number of rotatable bonds is 4. The van der Waals surface area contributed by atoms with E-state index in [0.717, 1.165) is 32.1 Å². The van der Waals surface area contributed by atoms with Crippen molar-refractivity contribution < 1.29 is 13.5 Å². The molecule has 1 aliphatic carbocycles. The number of aliphatic hydroxyl groups excluding tert-OH is 1. The number of sulfonamides is 1. The van der Waals surface area contributed by atoms with E-state index in [9.17, 15) is 13.5 Å². The van der Waals surface area contributed by atoms with Crippen LogP contribution in [0.5, 0.6) is 0 Å². The maximum atomic E-state index is 12.4. The van der Waals surface area contributed by atoms with Gasteiger partial charge in [-0.05, 0) is 25.7 Å². The zero-order valence-corrected chi connectivity index (χ0v) is 12.8. The zero-order valence-electron chi connectivity index (χ0n) is 12.0. The van der Waals surface area contributed by atoms with Gasteiger partial charge in [0.15, 0.2) is 5.03 Å². The molecule has 114 valence electrons. The van der Waals surface area contributed by atoms with Crippen LogP contribution in [0.25, 0.3) is 0 Å². The zero-order chi connectivity index (χ0) is 14.8. The molecule has 1 aromatic heterocycles. The summed E-state index contributed by atoms with van der Waals surface area (Å²) >= 11 is 0. The molecular formula is C13H23N3O3S. The van der Waals surface area contributed by atoms with E-state index >= 15 is 0 Å². The molecule has 0 radical (unpaired) electrons. The second kappa shape index (κ2) is 6.24. The van der Waals surface area contributed by atoms with Crippen molar-refractivity contribution >= 4 is 10.0 Å². The van der Waals surface area contributed by atoms with Crippen molar-refractivity contribution in [1.29, 1.82) is 0 Å². The molecular weight excluding hydrogens is 278 g/mol.